The standard InChI is InChI=1S/C12H18.2C11H16.4C10H14.C9H12.C8H10/c1-7-8(2)10(4)12(6)11(5)9(7)3;2*1-7-6-8(2)10(4)11(5)9(7)3;1-7-5-8(2)10(4)9(3)6-7;3*1-7-5-6-8(2)10(4)9(7)3;1-7-4-5-8(2)9(3)6-7;1-7-5-3-4-6-8(7)2/h1-6H3;2*6H,1-5H3;4*5-6H,1-4H3;4-6H,1-3H3;3-6H,1-2H3. The van der Waals surface area contributed by atoms with Gasteiger partial charge in [0, 0.05) is 0 Å². The Morgan fingerprint density at radius 2 is 0.275 bits per heavy atom. The maximum atomic E-state index is 2.26. The first-order valence-corrected chi connectivity index (χ1v) is 33.4. The highest BCUT2D eigenvalue weighted by atomic mass is 14.1. The highest BCUT2D eigenvalue weighted by Gasteiger charge is 2.09. The normalized spacial score (nSPS) is 10.0. The summed E-state index contributed by atoms with van der Waals surface area (Å²) >= 11 is 0. The summed E-state index contributed by atoms with van der Waals surface area (Å²) in [4.78, 5) is 0. The van der Waals surface area contributed by atoms with Crippen molar-refractivity contribution in [1.82, 2.24) is 0 Å². The van der Waals surface area contributed by atoms with E-state index in [4.69, 9.17) is 0 Å². The monoisotopic (exact) mass is 1220 g/mol. The van der Waals surface area contributed by atoms with Crippen LogP contribution in [0.1, 0.15) is 206 Å². The molecule has 0 N–H and O–H groups in total. The van der Waals surface area contributed by atoms with E-state index in [9.17, 15) is 0 Å². The van der Waals surface area contributed by atoms with Crippen LogP contribution in [0.15, 0.2) is 103 Å². The van der Waals surface area contributed by atoms with E-state index in [-0.39, 0.29) is 0 Å². The average molecular weight is 1220 g/mol. The minimum Gasteiger partial charge on any atom is -0.0620 e. The van der Waals surface area contributed by atoms with E-state index in [1.807, 2.05) is 0 Å². The Balaban J connectivity index is 0.000000513. The van der Waals surface area contributed by atoms with E-state index in [1.165, 1.54) is 206 Å². The van der Waals surface area contributed by atoms with Crippen molar-refractivity contribution in [2.45, 2.75) is 256 Å². The summed E-state index contributed by atoms with van der Waals surface area (Å²) in [5, 5.41) is 0. The molecule has 0 aliphatic heterocycles. The van der Waals surface area contributed by atoms with Crippen LogP contribution in [0.4, 0.5) is 0 Å². The van der Waals surface area contributed by atoms with Crippen LogP contribution >= 0.6 is 0 Å². The van der Waals surface area contributed by atoms with Gasteiger partial charge >= 0.3 is 0 Å². The van der Waals surface area contributed by atoms with E-state index in [1.54, 1.807) is 0 Å². The van der Waals surface area contributed by atoms with E-state index < -0.39 is 0 Å². The molecule has 492 valence electrons. The molecule has 0 saturated heterocycles. The van der Waals surface area contributed by atoms with Gasteiger partial charge < -0.3 is 0 Å². The highest BCUT2D eigenvalue weighted by Crippen LogP contribution is 2.26. The van der Waals surface area contributed by atoms with Crippen LogP contribution in [-0.4, -0.2) is 0 Å². The number of benzene rings is 9. The molecule has 0 fully saturated rings. The molecule has 0 unspecified atom stereocenters. The lowest BCUT2D eigenvalue weighted by Crippen LogP contribution is -1.98. The van der Waals surface area contributed by atoms with E-state index >= 15 is 0 Å². The summed E-state index contributed by atoms with van der Waals surface area (Å²) in [6.07, 6.45) is 0. The zero-order valence-corrected chi connectivity index (χ0v) is 65.3. The zero-order valence-electron chi connectivity index (χ0n) is 65.3. The quantitative estimate of drug-likeness (QED) is 0.142. The molecule has 0 aromatic heterocycles. The largest absolute Gasteiger partial charge is 0.0620 e. The first-order valence-electron chi connectivity index (χ1n) is 33.4. The minimum atomic E-state index is 1.35. The maximum absolute atomic E-state index is 2.26. The second kappa shape index (κ2) is 38.1. The van der Waals surface area contributed by atoms with Crippen molar-refractivity contribution in [3.8, 4) is 0 Å². The van der Waals surface area contributed by atoms with Crippen LogP contribution in [0.3, 0.4) is 0 Å². The maximum Gasteiger partial charge on any atom is -0.0392 e. The Morgan fingerprint density at radius 3 is 0.473 bits per heavy atom. The lowest BCUT2D eigenvalue weighted by atomic mass is 9.90. The van der Waals surface area contributed by atoms with Gasteiger partial charge in [0.05, 0.1) is 0 Å². The molecule has 0 heterocycles. The fourth-order valence-corrected chi connectivity index (χ4v) is 10.6. The highest BCUT2D eigenvalue weighted by molar-refractivity contribution is 5.49. The molecule has 0 aliphatic rings. The molecule has 0 bridgehead atoms. The van der Waals surface area contributed by atoms with Gasteiger partial charge in [-0.15, -0.1) is 0 Å². The average Bonchev–Trinajstić information content (AvgIpc) is 1.54. The van der Waals surface area contributed by atoms with Gasteiger partial charge in [0.2, 0.25) is 0 Å². The van der Waals surface area contributed by atoms with Gasteiger partial charge in [-0.3, -0.25) is 0 Å². The summed E-state index contributed by atoms with van der Waals surface area (Å²) in [6, 6.07) is 36.9. The van der Waals surface area contributed by atoms with Gasteiger partial charge in [0.25, 0.3) is 0 Å². The van der Waals surface area contributed by atoms with Crippen molar-refractivity contribution in [2.75, 3.05) is 0 Å². The molecule has 9 rings (SSSR count). The molecular weight excluding hydrogens is 1090 g/mol. The molecule has 0 heteroatoms. The van der Waals surface area contributed by atoms with Gasteiger partial charge in [-0.2, -0.15) is 0 Å². The van der Waals surface area contributed by atoms with Crippen LogP contribution in [0, 0.1) is 256 Å². The number of hydrogen-bond acceptors (Lipinski definition) is 0. The second-order valence-electron chi connectivity index (χ2n) is 27.1. The fraction of sp³-hybridized carbons (Fsp3) is 0.407. The van der Waals surface area contributed by atoms with E-state index in [0.29, 0.717) is 0 Å². The Hall–Kier alpha value is -7.02. The Morgan fingerprint density at radius 1 is 0.110 bits per heavy atom. The van der Waals surface area contributed by atoms with E-state index in [2.05, 4.69) is 359 Å². The topological polar surface area (TPSA) is 0 Å². The first kappa shape index (κ1) is 82.0. The van der Waals surface area contributed by atoms with Crippen molar-refractivity contribution in [3.05, 3.63) is 309 Å². The van der Waals surface area contributed by atoms with Crippen molar-refractivity contribution >= 4 is 0 Å². The molecule has 0 aliphatic carbocycles. The van der Waals surface area contributed by atoms with Crippen LogP contribution in [-0.2, 0) is 0 Å². The van der Waals surface area contributed by atoms with Gasteiger partial charge in [-0.05, 0) is 451 Å². The van der Waals surface area contributed by atoms with Crippen LogP contribution < -0.4 is 0 Å². The van der Waals surface area contributed by atoms with E-state index in [0.717, 1.165) is 0 Å². The van der Waals surface area contributed by atoms with Gasteiger partial charge in [-0.1, -0.05) is 114 Å². The summed E-state index contributed by atoms with van der Waals surface area (Å²) in [6.45, 7) is 80.4. The predicted molar refractivity (Wildman–Crippen MR) is 413 cm³/mol. The SMILES string of the molecule is Cc1c(C)c(C)c(C)c(C)c1C.Cc1cc(C)c(C)c(C)c1.Cc1cc(C)c(C)c(C)c1C.Cc1cc(C)c(C)c(C)c1C.Cc1ccc(C)c(C)c1.Cc1ccc(C)c(C)c1C.Cc1ccc(C)c(C)c1C.Cc1ccc(C)c(C)c1C.Cc1ccccc1C. The molecule has 0 radical (unpaired) electrons. The third kappa shape index (κ3) is 24.8. The Labute approximate surface area is 561 Å². The van der Waals surface area contributed by atoms with Gasteiger partial charge in [0.1, 0.15) is 0 Å². The van der Waals surface area contributed by atoms with Gasteiger partial charge in [0.15, 0.2) is 0 Å². The van der Waals surface area contributed by atoms with Crippen molar-refractivity contribution in [2.24, 2.45) is 0 Å². The summed E-state index contributed by atoms with van der Waals surface area (Å²) in [7, 11) is 0. The molecule has 0 amide bonds. The van der Waals surface area contributed by atoms with Crippen molar-refractivity contribution in [3.63, 3.8) is 0 Å². The lowest BCUT2D eigenvalue weighted by Gasteiger charge is -2.15. The van der Waals surface area contributed by atoms with Crippen LogP contribution in [0.2, 0.25) is 0 Å². The van der Waals surface area contributed by atoms with Gasteiger partial charge in [-0.25, -0.2) is 0 Å². The summed E-state index contributed by atoms with van der Waals surface area (Å²) < 4.78 is 0. The summed E-state index contributed by atoms with van der Waals surface area (Å²) in [5.74, 6) is 0. The lowest BCUT2D eigenvalue weighted by molar-refractivity contribution is 1.13. The van der Waals surface area contributed by atoms with Crippen LogP contribution in [0.5, 0.6) is 0 Å². The molecule has 0 atom stereocenters. The number of rotatable bonds is 0. The first-order chi connectivity index (χ1) is 42.0. The van der Waals surface area contributed by atoms with Crippen molar-refractivity contribution in [1.29, 1.82) is 0 Å². The Kier molecular flexibility index (Phi) is 34.3. The molecule has 0 saturated carbocycles. The second-order valence-corrected chi connectivity index (χ2v) is 27.1. The molecule has 0 spiro atoms. The Bertz CT molecular complexity index is 3380. The fourth-order valence-electron chi connectivity index (χ4n) is 10.6. The van der Waals surface area contributed by atoms with Crippen molar-refractivity contribution < 1.29 is 0 Å². The number of hydrogen-bond donors (Lipinski definition) is 0. The molecule has 9 aromatic rings. The van der Waals surface area contributed by atoms with Crippen LogP contribution in [0.25, 0.3) is 0 Å². The minimum absolute atomic E-state index is 1.35. The molecule has 0 nitrogen and oxygen atoms in total. The smallest absolute Gasteiger partial charge is 0.0392 e. The zero-order chi connectivity index (χ0) is 70.4. The predicted octanol–water partition coefficient (Wildman–Crippen LogP) is 26.6. The molecule has 9 aromatic carbocycles. The summed E-state index contributed by atoms with van der Waals surface area (Å²) in [5.41, 5.74) is 52.4. The number of aryl methyl sites for hydroxylation is 18. The third-order valence-electron chi connectivity index (χ3n) is 21.0. The third-order valence-corrected chi connectivity index (χ3v) is 21.0. The molecule has 91 heavy (non-hydrogen) atoms. The molecular formula is C91H128.